The van der Waals surface area contributed by atoms with Gasteiger partial charge in [0.05, 0.1) is 18.3 Å². The minimum atomic E-state index is -0.117. The van der Waals surface area contributed by atoms with Crippen molar-refractivity contribution in [3.63, 3.8) is 0 Å². The van der Waals surface area contributed by atoms with Crippen molar-refractivity contribution in [1.82, 2.24) is 5.32 Å². The first-order valence-electron chi connectivity index (χ1n) is 11.8. The number of aliphatic hydroxyl groups is 1. The molecule has 9 atom stereocenters. The molecule has 1 heterocycles. The number of nitrogens with one attached hydrogen (secondary N) is 1. The van der Waals surface area contributed by atoms with E-state index in [0.717, 1.165) is 56.6 Å². The summed E-state index contributed by atoms with van der Waals surface area (Å²) in [6.45, 7) is 13.7. The molecule has 0 radical (unpaired) electrons. The largest absolute Gasteiger partial charge is 0.393 e. The highest BCUT2D eigenvalue weighted by Crippen LogP contribution is 2.65. The van der Waals surface area contributed by atoms with Gasteiger partial charge in [0.25, 0.3) is 0 Å². The molecule has 4 aliphatic carbocycles. The SMILES string of the molecule is C=C1[C@@H]2C[C@H]3[C@@H](CC=C4C[C@@H](O)CC[C@@]43C)[C@@H]2CC[C@]12OC[C@@H](NCC)[C@H]2C. The van der Waals surface area contributed by atoms with E-state index in [4.69, 9.17) is 11.3 Å². The first kappa shape index (κ1) is 19.3. The zero-order valence-electron chi connectivity index (χ0n) is 18.0. The standard InChI is InChI=1S/C25H39NO2/c1-5-26-23-14-28-25(16(23)3)11-9-19-20-7-6-17-12-18(27)8-10-24(17,4)22(20)13-21(19)15(25)2/h6,16,18-23,26-27H,2,5,7-14H2,1,3-4H3/t16-,18+,19+,20+,21+,22+,23-,24+,25+/m1/s1. The normalized spacial score (nSPS) is 52.9. The van der Waals surface area contributed by atoms with Crippen LogP contribution in [0.15, 0.2) is 23.8 Å². The Morgan fingerprint density at radius 2 is 2.11 bits per heavy atom. The van der Waals surface area contributed by atoms with Gasteiger partial charge in [-0.25, -0.2) is 0 Å². The Bertz CT molecular complexity index is 686. The van der Waals surface area contributed by atoms with Crippen molar-refractivity contribution in [2.45, 2.75) is 83.5 Å². The third-order valence-corrected chi connectivity index (χ3v) is 9.90. The van der Waals surface area contributed by atoms with E-state index in [0.29, 0.717) is 23.3 Å². The quantitative estimate of drug-likeness (QED) is 0.689. The zero-order chi connectivity index (χ0) is 19.7. The maximum Gasteiger partial charge on any atom is 0.0933 e. The highest BCUT2D eigenvalue weighted by atomic mass is 16.5. The second-order valence-corrected chi connectivity index (χ2v) is 10.8. The lowest BCUT2D eigenvalue weighted by atomic mass is 9.56. The van der Waals surface area contributed by atoms with Crippen LogP contribution in [0.25, 0.3) is 0 Å². The number of hydrogen-bond acceptors (Lipinski definition) is 3. The van der Waals surface area contributed by atoms with Crippen LogP contribution in [0.3, 0.4) is 0 Å². The topological polar surface area (TPSA) is 41.5 Å². The number of fused-ring (bicyclic) bond motifs is 5. The molecular weight excluding hydrogens is 346 g/mol. The molecule has 0 bridgehead atoms. The van der Waals surface area contributed by atoms with Gasteiger partial charge in [0.2, 0.25) is 0 Å². The van der Waals surface area contributed by atoms with E-state index in [1.54, 1.807) is 5.57 Å². The minimum Gasteiger partial charge on any atom is -0.393 e. The van der Waals surface area contributed by atoms with Gasteiger partial charge in [-0.2, -0.15) is 0 Å². The van der Waals surface area contributed by atoms with Crippen molar-refractivity contribution in [2.24, 2.45) is 35.0 Å². The fraction of sp³-hybridized carbons (Fsp3) is 0.840. The number of hydrogen-bond donors (Lipinski definition) is 2. The smallest absolute Gasteiger partial charge is 0.0933 e. The van der Waals surface area contributed by atoms with Gasteiger partial charge in [-0.3, -0.25) is 0 Å². The molecule has 3 nitrogen and oxygen atoms in total. The third kappa shape index (κ3) is 2.51. The molecule has 5 aliphatic rings. The zero-order valence-corrected chi connectivity index (χ0v) is 18.0. The van der Waals surface area contributed by atoms with E-state index in [9.17, 15) is 5.11 Å². The predicted molar refractivity (Wildman–Crippen MR) is 113 cm³/mol. The maximum absolute atomic E-state index is 10.2. The van der Waals surface area contributed by atoms with Crippen molar-refractivity contribution < 1.29 is 9.84 Å². The molecule has 4 fully saturated rings. The van der Waals surface area contributed by atoms with E-state index in [1.807, 2.05) is 0 Å². The van der Waals surface area contributed by atoms with Crippen LogP contribution in [0.5, 0.6) is 0 Å². The molecule has 3 heteroatoms. The Labute approximate surface area is 171 Å². The second-order valence-electron chi connectivity index (χ2n) is 10.8. The minimum absolute atomic E-state index is 0.0958. The van der Waals surface area contributed by atoms with Crippen molar-refractivity contribution in [1.29, 1.82) is 0 Å². The molecule has 3 saturated carbocycles. The summed E-state index contributed by atoms with van der Waals surface area (Å²) in [5, 5.41) is 13.9. The fourth-order valence-corrected chi connectivity index (χ4v) is 8.22. The summed E-state index contributed by atoms with van der Waals surface area (Å²) >= 11 is 0. The number of rotatable bonds is 2. The summed E-state index contributed by atoms with van der Waals surface area (Å²) in [5.74, 6) is 3.51. The van der Waals surface area contributed by atoms with Gasteiger partial charge >= 0.3 is 0 Å². The molecule has 0 aromatic heterocycles. The van der Waals surface area contributed by atoms with Crippen LogP contribution in [0, 0.1) is 35.0 Å². The van der Waals surface area contributed by atoms with Crippen LogP contribution in [-0.4, -0.2) is 36.0 Å². The summed E-state index contributed by atoms with van der Waals surface area (Å²) in [4.78, 5) is 0. The van der Waals surface area contributed by atoms with Crippen LogP contribution < -0.4 is 5.32 Å². The van der Waals surface area contributed by atoms with Gasteiger partial charge in [-0.05, 0) is 86.2 Å². The molecule has 0 aromatic carbocycles. The highest BCUT2D eigenvalue weighted by Gasteiger charge is 2.61. The van der Waals surface area contributed by atoms with Crippen molar-refractivity contribution in [3.8, 4) is 0 Å². The average molecular weight is 386 g/mol. The molecule has 0 amide bonds. The summed E-state index contributed by atoms with van der Waals surface area (Å²) in [5.41, 5.74) is 3.19. The Kier molecular flexibility index (Phi) is 4.61. The van der Waals surface area contributed by atoms with Crippen molar-refractivity contribution in [3.05, 3.63) is 23.8 Å². The van der Waals surface area contributed by atoms with Gasteiger partial charge in [0.15, 0.2) is 0 Å². The van der Waals surface area contributed by atoms with Crippen molar-refractivity contribution in [2.75, 3.05) is 13.2 Å². The molecule has 0 unspecified atom stereocenters. The Hall–Kier alpha value is -0.640. The number of aliphatic hydroxyl groups excluding tert-OH is 1. The molecule has 0 aromatic rings. The first-order valence-corrected chi connectivity index (χ1v) is 11.8. The molecule has 5 rings (SSSR count). The van der Waals surface area contributed by atoms with Crippen LogP contribution in [0.1, 0.15) is 65.7 Å². The summed E-state index contributed by atoms with van der Waals surface area (Å²) in [7, 11) is 0. The summed E-state index contributed by atoms with van der Waals surface area (Å²) in [6, 6.07) is 0.465. The first-order chi connectivity index (χ1) is 13.4. The number of likely N-dealkylation sites (N-methyl/N-ethyl adjacent to an activating group) is 1. The third-order valence-electron chi connectivity index (χ3n) is 9.90. The number of allylic oxidation sites excluding steroid dienone is 1. The van der Waals surface area contributed by atoms with Crippen LogP contribution in [-0.2, 0) is 4.74 Å². The Morgan fingerprint density at radius 3 is 2.89 bits per heavy atom. The van der Waals surface area contributed by atoms with Gasteiger partial charge in [0, 0.05) is 12.0 Å². The average Bonchev–Trinajstić information content (AvgIpc) is 3.21. The molecule has 1 saturated heterocycles. The van der Waals surface area contributed by atoms with Crippen LogP contribution in [0.4, 0.5) is 0 Å². The Morgan fingerprint density at radius 1 is 1.29 bits per heavy atom. The molecule has 2 N–H and O–H groups in total. The lowest BCUT2D eigenvalue weighted by molar-refractivity contribution is -0.0268. The van der Waals surface area contributed by atoms with Crippen molar-refractivity contribution >= 4 is 0 Å². The molecule has 1 spiro atoms. The van der Waals surface area contributed by atoms with E-state index >= 15 is 0 Å². The van der Waals surface area contributed by atoms with Gasteiger partial charge < -0.3 is 15.2 Å². The van der Waals surface area contributed by atoms with E-state index in [-0.39, 0.29) is 11.7 Å². The predicted octanol–water partition coefficient (Wildman–Crippen LogP) is 4.47. The molecule has 28 heavy (non-hydrogen) atoms. The molecule has 1 aliphatic heterocycles. The monoisotopic (exact) mass is 385 g/mol. The van der Waals surface area contributed by atoms with Crippen LogP contribution >= 0.6 is 0 Å². The second kappa shape index (κ2) is 6.68. The van der Waals surface area contributed by atoms with Gasteiger partial charge in [-0.1, -0.05) is 39.0 Å². The van der Waals surface area contributed by atoms with E-state index in [2.05, 4.69) is 32.2 Å². The Balaban J connectivity index is 1.40. The van der Waals surface area contributed by atoms with E-state index < -0.39 is 0 Å². The summed E-state index contributed by atoms with van der Waals surface area (Å²) < 4.78 is 6.57. The van der Waals surface area contributed by atoms with Crippen LogP contribution in [0.2, 0.25) is 0 Å². The van der Waals surface area contributed by atoms with Gasteiger partial charge in [0.1, 0.15) is 0 Å². The number of ether oxygens (including phenoxy) is 1. The molecular formula is C25H39NO2. The fourth-order valence-electron chi connectivity index (χ4n) is 8.22. The highest BCUT2D eigenvalue weighted by molar-refractivity contribution is 5.32. The van der Waals surface area contributed by atoms with E-state index in [1.165, 1.54) is 24.8 Å². The lowest BCUT2D eigenvalue weighted by Crippen LogP contribution is -2.47. The lowest BCUT2D eigenvalue weighted by Gasteiger charge is -2.49. The molecule has 156 valence electrons. The van der Waals surface area contributed by atoms with Gasteiger partial charge in [-0.15, -0.1) is 0 Å². The summed E-state index contributed by atoms with van der Waals surface area (Å²) in [6.07, 6.45) is 10.4. The maximum atomic E-state index is 10.2.